The fourth-order valence-electron chi connectivity index (χ4n) is 1.68. The van der Waals surface area contributed by atoms with E-state index in [4.69, 9.17) is 5.11 Å². The fourth-order valence-corrected chi connectivity index (χ4v) is 2.63. The maximum atomic E-state index is 11.9. The molecule has 118 valence electrons. The lowest BCUT2D eigenvalue weighted by Crippen LogP contribution is -2.42. The highest BCUT2D eigenvalue weighted by atomic mass is 32.1. The van der Waals surface area contributed by atoms with Gasteiger partial charge in [0.1, 0.15) is 5.01 Å². The number of rotatable bonds is 7. The highest BCUT2D eigenvalue weighted by molar-refractivity contribution is 7.15. The smallest absolute Gasteiger partial charge is 0.321 e. The van der Waals surface area contributed by atoms with Crippen LogP contribution < -0.4 is 10.6 Å². The molecule has 3 N–H and O–H groups in total. The van der Waals surface area contributed by atoms with Gasteiger partial charge in [0.15, 0.2) is 0 Å². The number of nitrogens with zero attached hydrogens (tertiary/aromatic N) is 2. The van der Waals surface area contributed by atoms with Crippen LogP contribution in [0.4, 0.5) is 9.93 Å². The monoisotopic (exact) mass is 314 g/mol. The molecule has 1 rings (SSSR count). The van der Waals surface area contributed by atoms with E-state index in [-0.39, 0.29) is 12.3 Å². The zero-order valence-electron chi connectivity index (χ0n) is 12.7. The van der Waals surface area contributed by atoms with E-state index in [9.17, 15) is 9.59 Å². The van der Waals surface area contributed by atoms with Gasteiger partial charge in [0, 0.05) is 12.5 Å². The van der Waals surface area contributed by atoms with Gasteiger partial charge in [0.25, 0.3) is 0 Å². The summed E-state index contributed by atoms with van der Waals surface area (Å²) in [6.07, 6.45) is 0.703. The third-order valence-electron chi connectivity index (χ3n) is 2.79. The molecule has 0 aliphatic heterocycles. The number of carbonyl (C=O) groups excluding carboxylic acids is 1. The summed E-state index contributed by atoms with van der Waals surface area (Å²) in [6.45, 7) is 7.89. The second-order valence-corrected chi connectivity index (χ2v) is 6.71. The Balaban J connectivity index is 2.55. The molecular formula is C13H22N4O3S. The summed E-state index contributed by atoms with van der Waals surface area (Å²) in [4.78, 5) is 22.6. The Bertz CT molecular complexity index is 488. The summed E-state index contributed by atoms with van der Waals surface area (Å²) in [5, 5.41) is 23.3. The first kappa shape index (κ1) is 17.4. The lowest BCUT2D eigenvalue weighted by atomic mass is 10.0. The van der Waals surface area contributed by atoms with Crippen LogP contribution in [0.2, 0.25) is 0 Å². The maximum Gasteiger partial charge on any atom is 0.321 e. The van der Waals surface area contributed by atoms with Crippen molar-refractivity contribution in [1.29, 1.82) is 0 Å². The maximum absolute atomic E-state index is 11.9. The Morgan fingerprint density at radius 1 is 1.24 bits per heavy atom. The van der Waals surface area contributed by atoms with Crippen LogP contribution in [0.15, 0.2) is 0 Å². The van der Waals surface area contributed by atoms with Crippen LogP contribution in [-0.4, -0.2) is 33.3 Å². The minimum absolute atomic E-state index is 0.0257. The molecule has 7 nitrogen and oxygen atoms in total. The van der Waals surface area contributed by atoms with Gasteiger partial charge in [-0.1, -0.05) is 39.0 Å². The number of carbonyl (C=O) groups is 2. The molecule has 0 radical (unpaired) electrons. The number of anilines is 1. The van der Waals surface area contributed by atoms with Gasteiger partial charge in [-0.05, 0) is 11.8 Å². The van der Waals surface area contributed by atoms with E-state index in [1.54, 1.807) is 0 Å². The van der Waals surface area contributed by atoms with Gasteiger partial charge in [-0.2, -0.15) is 0 Å². The number of carboxylic acid groups (broad SMARTS) is 1. The summed E-state index contributed by atoms with van der Waals surface area (Å²) < 4.78 is 0. The molecular weight excluding hydrogens is 292 g/mol. The summed E-state index contributed by atoms with van der Waals surface area (Å²) >= 11 is 1.33. The van der Waals surface area contributed by atoms with E-state index >= 15 is 0 Å². The van der Waals surface area contributed by atoms with Crippen molar-refractivity contribution in [3.63, 3.8) is 0 Å². The molecule has 0 spiro atoms. The average Bonchev–Trinajstić information content (AvgIpc) is 2.73. The summed E-state index contributed by atoms with van der Waals surface area (Å²) in [5.41, 5.74) is 0. The molecule has 1 atom stereocenters. The molecule has 0 saturated carbocycles. The van der Waals surface area contributed by atoms with Crippen LogP contribution >= 0.6 is 11.3 Å². The number of hydrogen-bond acceptors (Lipinski definition) is 5. The van der Waals surface area contributed by atoms with Gasteiger partial charge in [-0.3, -0.25) is 10.1 Å². The number of amides is 2. The zero-order valence-corrected chi connectivity index (χ0v) is 13.5. The van der Waals surface area contributed by atoms with Crippen LogP contribution in [0.5, 0.6) is 0 Å². The molecule has 8 heteroatoms. The third-order valence-corrected chi connectivity index (χ3v) is 3.65. The van der Waals surface area contributed by atoms with Crippen molar-refractivity contribution in [2.45, 2.75) is 46.6 Å². The van der Waals surface area contributed by atoms with Crippen LogP contribution in [0.3, 0.4) is 0 Å². The molecule has 0 fully saturated rings. The van der Waals surface area contributed by atoms with E-state index in [1.165, 1.54) is 11.3 Å². The van der Waals surface area contributed by atoms with Gasteiger partial charge in [0.05, 0.1) is 6.42 Å². The van der Waals surface area contributed by atoms with Gasteiger partial charge >= 0.3 is 12.0 Å². The van der Waals surface area contributed by atoms with Gasteiger partial charge in [-0.15, -0.1) is 10.2 Å². The molecule has 1 unspecified atom stereocenters. The second kappa shape index (κ2) is 7.92. The van der Waals surface area contributed by atoms with Gasteiger partial charge in [-0.25, -0.2) is 4.79 Å². The molecule has 0 saturated heterocycles. The van der Waals surface area contributed by atoms with Crippen molar-refractivity contribution < 1.29 is 14.7 Å². The first-order valence-corrected chi connectivity index (χ1v) is 7.71. The Labute approximate surface area is 128 Å². The molecule has 0 aromatic carbocycles. The van der Waals surface area contributed by atoms with Crippen molar-refractivity contribution in [3.8, 4) is 0 Å². The van der Waals surface area contributed by atoms with Crippen LogP contribution in [-0.2, 0) is 11.2 Å². The minimum atomic E-state index is -0.941. The number of nitrogens with one attached hydrogen (secondary N) is 2. The number of aromatic nitrogens is 2. The lowest BCUT2D eigenvalue weighted by molar-refractivity contribution is -0.137. The number of urea groups is 1. The van der Waals surface area contributed by atoms with E-state index < -0.39 is 18.0 Å². The van der Waals surface area contributed by atoms with Gasteiger partial charge in [0.2, 0.25) is 5.13 Å². The summed E-state index contributed by atoms with van der Waals surface area (Å²) in [7, 11) is 0. The van der Waals surface area contributed by atoms with E-state index in [2.05, 4.69) is 34.7 Å². The van der Waals surface area contributed by atoms with Crippen LogP contribution in [0.1, 0.15) is 39.1 Å². The highest BCUT2D eigenvalue weighted by Gasteiger charge is 2.20. The van der Waals surface area contributed by atoms with E-state index in [0.29, 0.717) is 11.0 Å². The Kier molecular flexibility index (Phi) is 6.54. The molecule has 1 heterocycles. The topological polar surface area (TPSA) is 104 Å². The van der Waals surface area contributed by atoms with Crippen LogP contribution in [0, 0.1) is 11.8 Å². The molecule has 0 bridgehead atoms. The van der Waals surface area contributed by atoms with Crippen molar-refractivity contribution >= 4 is 28.5 Å². The van der Waals surface area contributed by atoms with Gasteiger partial charge < -0.3 is 10.4 Å². The summed E-state index contributed by atoms with van der Waals surface area (Å²) in [6, 6.07) is -0.882. The zero-order chi connectivity index (χ0) is 16.0. The molecule has 0 aliphatic rings. The van der Waals surface area contributed by atoms with E-state index in [1.807, 2.05) is 13.8 Å². The normalized spacial score (nSPS) is 12.5. The summed E-state index contributed by atoms with van der Waals surface area (Å²) in [5.74, 6) is -0.442. The Morgan fingerprint density at radius 3 is 2.43 bits per heavy atom. The third kappa shape index (κ3) is 6.52. The quantitative estimate of drug-likeness (QED) is 0.716. The van der Waals surface area contributed by atoms with Crippen molar-refractivity contribution in [2.24, 2.45) is 11.8 Å². The van der Waals surface area contributed by atoms with E-state index in [0.717, 1.165) is 11.4 Å². The molecule has 2 amide bonds. The lowest BCUT2D eigenvalue weighted by Gasteiger charge is -2.20. The second-order valence-electron chi connectivity index (χ2n) is 5.65. The number of aliphatic carboxylic acids is 1. The minimum Gasteiger partial charge on any atom is -0.481 e. The molecule has 21 heavy (non-hydrogen) atoms. The largest absolute Gasteiger partial charge is 0.481 e. The Hall–Kier alpha value is -1.70. The van der Waals surface area contributed by atoms with Crippen LogP contribution in [0.25, 0.3) is 0 Å². The predicted octanol–water partition coefficient (Wildman–Crippen LogP) is 2.36. The van der Waals surface area contributed by atoms with Crippen molar-refractivity contribution in [3.05, 3.63) is 5.01 Å². The SMILES string of the molecule is CC(C)Cc1nnc(NC(=O)NC(CC(=O)O)C(C)C)s1. The predicted molar refractivity (Wildman–Crippen MR) is 81.5 cm³/mol. The molecule has 1 aromatic rings. The molecule has 1 aromatic heterocycles. The molecule has 0 aliphatic carbocycles. The fraction of sp³-hybridized carbons (Fsp3) is 0.692. The number of hydrogen-bond donors (Lipinski definition) is 3. The average molecular weight is 314 g/mol. The Morgan fingerprint density at radius 2 is 1.90 bits per heavy atom. The van der Waals surface area contributed by atoms with Crippen molar-refractivity contribution in [2.75, 3.05) is 5.32 Å². The van der Waals surface area contributed by atoms with Crippen molar-refractivity contribution in [1.82, 2.24) is 15.5 Å². The first-order valence-electron chi connectivity index (χ1n) is 6.89. The first-order chi connectivity index (χ1) is 9.77. The highest BCUT2D eigenvalue weighted by Crippen LogP contribution is 2.18. The standard InChI is InChI=1S/C13H22N4O3S/c1-7(2)5-10-16-17-13(21-10)15-12(20)14-9(8(3)4)6-11(18)19/h7-9H,5-6H2,1-4H3,(H,18,19)(H2,14,15,17,20). The number of carboxylic acids is 1.